The Morgan fingerprint density at radius 3 is 2.86 bits per heavy atom. The Balaban J connectivity index is 1.44. The first-order valence-electron chi connectivity index (χ1n) is 9.16. The molecular weight excluding hydrogens is 413 g/mol. The molecule has 1 aromatic carbocycles. The van der Waals surface area contributed by atoms with Gasteiger partial charge in [0.2, 0.25) is 0 Å². The highest BCUT2D eigenvalue weighted by atomic mass is 35.5. The van der Waals surface area contributed by atoms with Gasteiger partial charge in [-0.1, -0.05) is 29.4 Å². The number of amidine groups is 1. The maximum Gasteiger partial charge on any atom is 0.179 e. The Bertz CT molecular complexity index is 1040. The molecule has 0 amide bonds. The van der Waals surface area contributed by atoms with E-state index in [4.69, 9.17) is 11.6 Å². The normalized spacial score (nSPS) is 18.9. The van der Waals surface area contributed by atoms with E-state index in [1.807, 2.05) is 18.5 Å². The van der Waals surface area contributed by atoms with Crippen molar-refractivity contribution in [1.29, 1.82) is 0 Å². The minimum atomic E-state index is -0.348. The van der Waals surface area contributed by atoms with Crippen LogP contribution in [0.1, 0.15) is 29.9 Å². The maximum atomic E-state index is 14.0. The summed E-state index contributed by atoms with van der Waals surface area (Å²) in [6.45, 7) is 6.39. The Kier molecular flexibility index (Phi) is 5.62. The summed E-state index contributed by atoms with van der Waals surface area (Å²) < 4.78 is 17.6. The van der Waals surface area contributed by atoms with Crippen LogP contribution >= 0.6 is 23.4 Å². The van der Waals surface area contributed by atoms with E-state index in [1.165, 1.54) is 6.07 Å². The lowest BCUT2D eigenvalue weighted by Crippen LogP contribution is -2.36. The Labute approximate surface area is 177 Å². The first kappa shape index (κ1) is 19.9. The van der Waals surface area contributed by atoms with Crippen LogP contribution in [-0.4, -0.2) is 30.1 Å². The Morgan fingerprint density at radius 1 is 1.31 bits per heavy atom. The predicted molar refractivity (Wildman–Crippen MR) is 114 cm³/mol. The first-order valence-corrected chi connectivity index (χ1v) is 10.4. The van der Waals surface area contributed by atoms with Crippen molar-refractivity contribution in [3.05, 3.63) is 64.3 Å². The molecule has 3 heterocycles. The van der Waals surface area contributed by atoms with E-state index < -0.39 is 0 Å². The fourth-order valence-corrected chi connectivity index (χ4v) is 4.38. The third-order valence-electron chi connectivity index (χ3n) is 4.65. The van der Waals surface area contributed by atoms with Crippen LogP contribution in [0.15, 0.2) is 41.5 Å². The summed E-state index contributed by atoms with van der Waals surface area (Å²) in [5, 5.41) is 10.1. The molecule has 1 aliphatic rings. The van der Waals surface area contributed by atoms with Gasteiger partial charge in [0.1, 0.15) is 11.2 Å². The van der Waals surface area contributed by atoms with Crippen molar-refractivity contribution in [1.82, 2.24) is 30.4 Å². The summed E-state index contributed by atoms with van der Waals surface area (Å²) in [5.41, 5.74) is 8.87. The molecule has 0 aliphatic carbocycles. The summed E-state index contributed by atoms with van der Waals surface area (Å²) in [5.74, 6) is 0.188. The number of hydrogen-bond donors (Lipinski definition) is 2. The highest BCUT2D eigenvalue weighted by Crippen LogP contribution is 2.28. The first-order chi connectivity index (χ1) is 13.9. The molecule has 1 aliphatic heterocycles. The van der Waals surface area contributed by atoms with Crippen molar-refractivity contribution in [2.75, 3.05) is 0 Å². The average Bonchev–Trinajstić information content (AvgIpc) is 3.39. The fraction of sp³-hybridized carbons (Fsp3) is 0.316. The SMILES string of the molecule is Cc1cc(C)n(C(C)C2NNC(=Nc3ccn(Cc4c(F)cccc4Cl)n3)S2)n1. The zero-order valence-corrected chi connectivity index (χ0v) is 17.8. The third kappa shape index (κ3) is 4.31. The zero-order valence-electron chi connectivity index (χ0n) is 16.2. The van der Waals surface area contributed by atoms with Gasteiger partial charge in [-0.15, -0.1) is 0 Å². The van der Waals surface area contributed by atoms with Crippen LogP contribution in [0, 0.1) is 19.7 Å². The number of aromatic nitrogens is 4. The van der Waals surface area contributed by atoms with Crippen LogP contribution in [-0.2, 0) is 6.54 Å². The average molecular weight is 434 g/mol. The summed E-state index contributed by atoms with van der Waals surface area (Å²) in [6, 6.07) is 8.62. The second kappa shape index (κ2) is 8.17. The van der Waals surface area contributed by atoms with Gasteiger partial charge in [0.05, 0.1) is 18.3 Å². The van der Waals surface area contributed by atoms with Crippen molar-refractivity contribution >= 4 is 34.3 Å². The molecule has 1 fully saturated rings. The molecule has 1 saturated heterocycles. The predicted octanol–water partition coefficient (Wildman–Crippen LogP) is 3.95. The molecule has 152 valence electrons. The molecule has 2 unspecified atom stereocenters. The lowest BCUT2D eigenvalue weighted by molar-refractivity contribution is 0.417. The largest absolute Gasteiger partial charge is 0.299 e. The summed E-state index contributed by atoms with van der Waals surface area (Å²) in [7, 11) is 0. The number of hydrazine groups is 1. The van der Waals surface area contributed by atoms with E-state index in [-0.39, 0.29) is 23.8 Å². The molecule has 3 aromatic rings. The van der Waals surface area contributed by atoms with Gasteiger partial charge in [0, 0.05) is 28.5 Å². The smallest absolute Gasteiger partial charge is 0.179 e. The van der Waals surface area contributed by atoms with E-state index >= 15 is 0 Å². The van der Waals surface area contributed by atoms with E-state index in [0.717, 1.165) is 16.6 Å². The molecule has 4 rings (SSSR count). The van der Waals surface area contributed by atoms with Crippen LogP contribution in [0.2, 0.25) is 5.02 Å². The number of halogens is 2. The van der Waals surface area contributed by atoms with E-state index in [1.54, 1.807) is 40.8 Å². The van der Waals surface area contributed by atoms with Gasteiger partial charge in [-0.3, -0.25) is 14.8 Å². The molecule has 0 saturated carbocycles. The van der Waals surface area contributed by atoms with Crippen LogP contribution in [0.3, 0.4) is 0 Å². The van der Waals surface area contributed by atoms with Gasteiger partial charge in [-0.05, 0) is 39.0 Å². The summed E-state index contributed by atoms with van der Waals surface area (Å²) in [6.07, 6.45) is 1.76. The number of nitrogens with one attached hydrogen (secondary N) is 2. The summed E-state index contributed by atoms with van der Waals surface area (Å²) >= 11 is 7.68. The van der Waals surface area contributed by atoms with Crippen LogP contribution in [0.5, 0.6) is 0 Å². The van der Waals surface area contributed by atoms with Crippen LogP contribution in [0.25, 0.3) is 0 Å². The molecule has 2 atom stereocenters. The summed E-state index contributed by atoms with van der Waals surface area (Å²) in [4.78, 5) is 4.54. The fourth-order valence-electron chi connectivity index (χ4n) is 3.22. The van der Waals surface area contributed by atoms with Crippen LogP contribution in [0.4, 0.5) is 10.2 Å². The molecule has 0 radical (unpaired) electrons. The minimum Gasteiger partial charge on any atom is -0.299 e. The van der Waals surface area contributed by atoms with Gasteiger partial charge in [0.25, 0.3) is 0 Å². The third-order valence-corrected chi connectivity index (χ3v) is 6.19. The number of nitrogens with zero attached hydrogens (tertiary/aromatic N) is 5. The molecule has 0 bridgehead atoms. The number of aryl methyl sites for hydroxylation is 2. The Hall–Kier alpha value is -2.36. The van der Waals surface area contributed by atoms with E-state index in [9.17, 15) is 4.39 Å². The topological polar surface area (TPSA) is 72.1 Å². The van der Waals surface area contributed by atoms with Crippen molar-refractivity contribution in [3.8, 4) is 0 Å². The molecule has 2 N–H and O–H groups in total. The molecule has 0 spiro atoms. The zero-order chi connectivity index (χ0) is 20.5. The highest BCUT2D eigenvalue weighted by Gasteiger charge is 2.28. The van der Waals surface area contributed by atoms with Gasteiger partial charge in [-0.25, -0.2) is 14.8 Å². The van der Waals surface area contributed by atoms with Gasteiger partial charge < -0.3 is 0 Å². The number of thioether (sulfide) groups is 1. The highest BCUT2D eigenvalue weighted by molar-refractivity contribution is 8.14. The second-order valence-corrected chi connectivity index (χ2v) is 8.45. The molecule has 29 heavy (non-hydrogen) atoms. The monoisotopic (exact) mass is 433 g/mol. The van der Waals surface area contributed by atoms with E-state index in [2.05, 4.69) is 39.0 Å². The standard InChI is InChI=1S/C19H21ClFN7S/c1-11-9-12(2)28(25-11)13(3)18-23-24-19(29-18)22-17-7-8-27(26-17)10-14-15(20)5-4-6-16(14)21/h4-9,13,18,23H,10H2,1-3H3,(H,22,24,26). The van der Waals surface area contributed by atoms with Gasteiger partial charge >= 0.3 is 0 Å². The molecular formula is C19H21ClFN7S. The molecule has 7 nitrogen and oxygen atoms in total. The van der Waals surface area contributed by atoms with Crippen molar-refractivity contribution in [2.45, 2.75) is 38.7 Å². The number of aliphatic imine (C=N–C) groups is 1. The number of rotatable bonds is 5. The van der Waals surface area contributed by atoms with Crippen molar-refractivity contribution in [2.24, 2.45) is 4.99 Å². The quantitative estimate of drug-likeness (QED) is 0.637. The second-order valence-electron chi connectivity index (χ2n) is 6.91. The van der Waals surface area contributed by atoms with E-state index in [0.29, 0.717) is 16.4 Å². The minimum absolute atomic E-state index is 0.0751. The number of benzene rings is 1. The van der Waals surface area contributed by atoms with Crippen LogP contribution < -0.4 is 10.9 Å². The molecule has 10 heteroatoms. The number of hydrogen-bond acceptors (Lipinski definition) is 5. The lowest BCUT2D eigenvalue weighted by Gasteiger charge is -2.19. The lowest BCUT2D eigenvalue weighted by atomic mass is 10.2. The molecule has 2 aromatic heterocycles. The van der Waals surface area contributed by atoms with Crippen molar-refractivity contribution < 1.29 is 4.39 Å². The van der Waals surface area contributed by atoms with Gasteiger partial charge in [-0.2, -0.15) is 10.2 Å². The van der Waals surface area contributed by atoms with Gasteiger partial charge in [0.15, 0.2) is 11.0 Å². The Morgan fingerprint density at radius 2 is 2.14 bits per heavy atom. The van der Waals surface area contributed by atoms with Crippen molar-refractivity contribution in [3.63, 3.8) is 0 Å². The maximum absolute atomic E-state index is 14.0.